The van der Waals surface area contributed by atoms with Crippen molar-refractivity contribution in [2.75, 3.05) is 6.26 Å². The molecule has 0 aromatic heterocycles. The molecule has 0 bridgehead atoms. The number of sulfone groups is 1. The molecule has 21 heavy (non-hydrogen) atoms. The van der Waals surface area contributed by atoms with E-state index in [1.807, 2.05) is 30.3 Å². The molecule has 1 fully saturated rings. The molecule has 0 saturated heterocycles. The Labute approximate surface area is 124 Å². The van der Waals surface area contributed by atoms with E-state index in [0.717, 1.165) is 12.7 Å². The first-order valence-electron chi connectivity index (χ1n) is 6.86. The van der Waals surface area contributed by atoms with Crippen LogP contribution in [-0.4, -0.2) is 20.5 Å². The quantitative estimate of drug-likeness (QED) is 0.815. The van der Waals surface area contributed by atoms with Gasteiger partial charge >= 0.3 is 0 Å². The number of benzene rings is 2. The standard InChI is InChI=1S/C17H16O3S/c1-21(19,20)14-9-7-13(8-10-14)17(18)16-11-15(16)12-5-3-2-4-6-12/h2-10,15-16H,11H2,1H3. The molecule has 2 unspecified atom stereocenters. The summed E-state index contributed by atoms with van der Waals surface area (Å²) < 4.78 is 22.8. The van der Waals surface area contributed by atoms with Gasteiger partial charge in [-0.05, 0) is 30.0 Å². The Kier molecular flexibility index (Phi) is 3.41. The Morgan fingerprint density at radius 1 is 1.00 bits per heavy atom. The highest BCUT2D eigenvalue weighted by molar-refractivity contribution is 7.90. The molecule has 4 heteroatoms. The Bertz CT molecular complexity index is 761. The summed E-state index contributed by atoms with van der Waals surface area (Å²) in [6.07, 6.45) is 2.03. The number of carbonyl (C=O) groups excluding carboxylic acids is 1. The monoisotopic (exact) mass is 300 g/mol. The van der Waals surface area contributed by atoms with Crippen LogP contribution in [0, 0.1) is 5.92 Å². The second-order valence-electron chi connectivity index (χ2n) is 5.52. The van der Waals surface area contributed by atoms with Crippen LogP contribution in [0.25, 0.3) is 0 Å². The van der Waals surface area contributed by atoms with Crippen molar-refractivity contribution in [3.63, 3.8) is 0 Å². The van der Waals surface area contributed by atoms with Crippen molar-refractivity contribution in [1.82, 2.24) is 0 Å². The molecule has 0 heterocycles. The van der Waals surface area contributed by atoms with Gasteiger partial charge in [0.15, 0.2) is 15.6 Å². The predicted octanol–water partition coefficient (Wildman–Crippen LogP) is 3.08. The van der Waals surface area contributed by atoms with E-state index < -0.39 is 9.84 Å². The molecule has 1 aliphatic rings. The second kappa shape index (κ2) is 5.11. The number of ketones is 1. The average molecular weight is 300 g/mol. The molecule has 0 amide bonds. The normalized spacial score (nSPS) is 21.0. The predicted molar refractivity (Wildman–Crippen MR) is 81.2 cm³/mol. The van der Waals surface area contributed by atoms with Crippen molar-refractivity contribution in [1.29, 1.82) is 0 Å². The van der Waals surface area contributed by atoms with Crippen molar-refractivity contribution >= 4 is 15.6 Å². The van der Waals surface area contributed by atoms with Gasteiger partial charge in [-0.25, -0.2) is 8.42 Å². The van der Waals surface area contributed by atoms with Crippen molar-refractivity contribution in [2.45, 2.75) is 17.2 Å². The molecule has 2 aromatic carbocycles. The molecule has 0 spiro atoms. The Morgan fingerprint density at radius 3 is 2.19 bits per heavy atom. The van der Waals surface area contributed by atoms with Crippen LogP contribution in [0.3, 0.4) is 0 Å². The van der Waals surface area contributed by atoms with Crippen LogP contribution in [0.15, 0.2) is 59.5 Å². The van der Waals surface area contributed by atoms with Crippen molar-refractivity contribution in [2.24, 2.45) is 5.92 Å². The molecule has 3 nitrogen and oxygen atoms in total. The van der Waals surface area contributed by atoms with Gasteiger partial charge in [0, 0.05) is 17.7 Å². The minimum atomic E-state index is -3.21. The van der Waals surface area contributed by atoms with Gasteiger partial charge in [0.25, 0.3) is 0 Å². The van der Waals surface area contributed by atoms with E-state index in [4.69, 9.17) is 0 Å². The van der Waals surface area contributed by atoms with E-state index in [0.29, 0.717) is 11.5 Å². The molecule has 1 aliphatic carbocycles. The lowest BCUT2D eigenvalue weighted by atomic mass is 10.0. The average Bonchev–Trinajstić information content (AvgIpc) is 3.27. The first-order valence-corrected chi connectivity index (χ1v) is 8.75. The molecule has 2 atom stereocenters. The maximum atomic E-state index is 12.4. The molecule has 1 saturated carbocycles. The Morgan fingerprint density at radius 2 is 1.62 bits per heavy atom. The Balaban J connectivity index is 1.76. The molecular formula is C17H16O3S. The highest BCUT2D eigenvalue weighted by Crippen LogP contribution is 2.49. The molecule has 0 radical (unpaired) electrons. The van der Waals surface area contributed by atoms with Gasteiger partial charge < -0.3 is 0 Å². The molecule has 2 aromatic rings. The van der Waals surface area contributed by atoms with E-state index in [1.165, 1.54) is 17.7 Å². The fraction of sp³-hybridized carbons (Fsp3) is 0.235. The van der Waals surface area contributed by atoms with E-state index in [9.17, 15) is 13.2 Å². The minimum Gasteiger partial charge on any atom is -0.294 e. The summed E-state index contributed by atoms with van der Waals surface area (Å²) in [7, 11) is -3.21. The van der Waals surface area contributed by atoms with Gasteiger partial charge in [0.1, 0.15) is 0 Å². The number of hydrogen-bond acceptors (Lipinski definition) is 3. The first-order chi connectivity index (χ1) is 9.97. The Hall–Kier alpha value is -1.94. The van der Waals surface area contributed by atoms with Crippen molar-refractivity contribution in [3.05, 3.63) is 65.7 Å². The smallest absolute Gasteiger partial charge is 0.175 e. The first kappa shape index (κ1) is 14.0. The molecule has 0 aliphatic heterocycles. The number of rotatable bonds is 4. The maximum absolute atomic E-state index is 12.4. The summed E-state index contributed by atoms with van der Waals surface area (Å²) >= 11 is 0. The third-order valence-corrected chi connectivity index (χ3v) is 5.05. The topological polar surface area (TPSA) is 51.2 Å². The van der Waals surface area contributed by atoms with Gasteiger partial charge in [-0.1, -0.05) is 42.5 Å². The van der Waals surface area contributed by atoms with Gasteiger partial charge in [-0.3, -0.25) is 4.79 Å². The zero-order valence-corrected chi connectivity index (χ0v) is 12.5. The van der Waals surface area contributed by atoms with E-state index in [-0.39, 0.29) is 16.6 Å². The van der Waals surface area contributed by atoms with Gasteiger partial charge in [0.05, 0.1) is 4.90 Å². The molecular weight excluding hydrogens is 284 g/mol. The number of carbonyl (C=O) groups is 1. The van der Waals surface area contributed by atoms with Crippen LogP contribution in [-0.2, 0) is 9.84 Å². The van der Waals surface area contributed by atoms with Crippen LogP contribution < -0.4 is 0 Å². The van der Waals surface area contributed by atoms with Crippen LogP contribution >= 0.6 is 0 Å². The summed E-state index contributed by atoms with van der Waals surface area (Å²) in [5, 5.41) is 0. The highest BCUT2D eigenvalue weighted by atomic mass is 32.2. The zero-order valence-electron chi connectivity index (χ0n) is 11.7. The van der Waals surface area contributed by atoms with Gasteiger partial charge in [0.2, 0.25) is 0 Å². The van der Waals surface area contributed by atoms with Crippen LogP contribution in [0.5, 0.6) is 0 Å². The molecule has 108 valence electrons. The lowest BCUT2D eigenvalue weighted by molar-refractivity contribution is 0.0965. The van der Waals surface area contributed by atoms with Gasteiger partial charge in [-0.2, -0.15) is 0 Å². The largest absolute Gasteiger partial charge is 0.294 e. The van der Waals surface area contributed by atoms with Gasteiger partial charge in [-0.15, -0.1) is 0 Å². The fourth-order valence-corrected chi connectivity index (χ4v) is 3.26. The maximum Gasteiger partial charge on any atom is 0.175 e. The van der Waals surface area contributed by atoms with Crippen LogP contribution in [0.1, 0.15) is 28.3 Å². The lowest BCUT2D eigenvalue weighted by Gasteiger charge is -2.03. The summed E-state index contributed by atoms with van der Waals surface area (Å²) in [6.45, 7) is 0. The summed E-state index contributed by atoms with van der Waals surface area (Å²) in [5.41, 5.74) is 1.79. The summed E-state index contributed by atoms with van der Waals surface area (Å²) in [4.78, 5) is 12.6. The van der Waals surface area contributed by atoms with Crippen LogP contribution in [0.4, 0.5) is 0 Å². The number of hydrogen-bond donors (Lipinski definition) is 0. The third kappa shape index (κ3) is 2.90. The highest BCUT2D eigenvalue weighted by Gasteiger charge is 2.43. The SMILES string of the molecule is CS(=O)(=O)c1ccc(C(=O)C2CC2c2ccccc2)cc1. The minimum absolute atomic E-state index is 0.0245. The van der Waals surface area contributed by atoms with Crippen molar-refractivity contribution in [3.8, 4) is 0 Å². The van der Waals surface area contributed by atoms with Crippen molar-refractivity contribution < 1.29 is 13.2 Å². The number of Topliss-reactive ketones (excluding diaryl/α,β-unsaturated/α-hetero) is 1. The lowest BCUT2D eigenvalue weighted by Crippen LogP contribution is -2.04. The molecule has 3 rings (SSSR count). The van der Waals surface area contributed by atoms with E-state index in [1.54, 1.807) is 12.1 Å². The zero-order chi connectivity index (χ0) is 15.0. The third-order valence-electron chi connectivity index (χ3n) is 3.92. The van der Waals surface area contributed by atoms with E-state index in [2.05, 4.69) is 0 Å². The van der Waals surface area contributed by atoms with Crippen LogP contribution in [0.2, 0.25) is 0 Å². The fourth-order valence-electron chi connectivity index (χ4n) is 2.63. The summed E-state index contributed by atoms with van der Waals surface area (Å²) in [6, 6.07) is 16.2. The second-order valence-corrected chi connectivity index (χ2v) is 7.54. The molecule has 0 N–H and O–H groups in total. The summed E-state index contributed by atoms with van der Waals surface area (Å²) in [5.74, 6) is 0.425. The van der Waals surface area contributed by atoms with E-state index >= 15 is 0 Å².